The molecule has 24 heavy (non-hydrogen) atoms. The van der Waals surface area contributed by atoms with Gasteiger partial charge >= 0.3 is 0 Å². The number of methoxy groups -OCH3 is 1. The summed E-state index contributed by atoms with van der Waals surface area (Å²) >= 11 is 0. The molecule has 1 fully saturated rings. The van der Waals surface area contributed by atoms with Crippen LogP contribution in [0.5, 0.6) is 5.75 Å². The molecule has 0 spiro atoms. The van der Waals surface area contributed by atoms with Gasteiger partial charge in [-0.05, 0) is 44.0 Å². The third-order valence-electron chi connectivity index (χ3n) is 4.03. The van der Waals surface area contributed by atoms with Crippen molar-refractivity contribution in [3.63, 3.8) is 0 Å². The number of hydrogen-bond donors (Lipinski definition) is 1. The lowest BCUT2D eigenvalue weighted by Gasteiger charge is -2.23. The first-order chi connectivity index (χ1) is 11.6. The molecule has 0 unspecified atom stereocenters. The highest BCUT2D eigenvalue weighted by Gasteiger charge is 2.34. The molecular formula is C17H19N3O4. The molecule has 0 saturated carbocycles. The van der Waals surface area contributed by atoms with E-state index in [-0.39, 0.29) is 11.8 Å². The van der Waals surface area contributed by atoms with Gasteiger partial charge in [-0.3, -0.25) is 9.59 Å². The fourth-order valence-electron chi connectivity index (χ4n) is 2.82. The fraction of sp³-hybridized carbons (Fsp3) is 0.353. The Hall–Kier alpha value is -2.83. The van der Waals surface area contributed by atoms with Crippen LogP contribution < -0.4 is 10.1 Å². The molecule has 126 valence electrons. The maximum atomic E-state index is 12.7. The van der Waals surface area contributed by atoms with Gasteiger partial charge in [0.15, 0.2) is 5.82 Å². The molecule has 0 bridgehead atoms. The van der Waals surface area contributed by atoms with Gasteiger partial charge in [-0.25, -0.2) is 0 Å². The number of nitrogens with zero attached hydrogens (tertiary/aromatic N) is 2. The molecule has 0 radical (unpaired) electrons. The van der Waals surface area contributed by atoms with Crippen LogP contribution >= 0.6 is 0 Å². The molecular weight excluding hydrogens is 310 g/mol. The van der Waals surface area contributed by atoms with E-state index in [9.17, 15) is 9.59 Å². The Bertz CT molecular complexity index is 739. The number of anilines is 1. The standard InChI is InChI=1S/C17H19N3O4/c1-11-10-15(19-24-11)18-16(21)14-4-3-9-20(14)17(22)12-5-7-13(23-2)8-6-12/h5-8,10,14H,3-4,9H2,1-2H3,(H,18,19,21)/t14-/m0/s1. The Morgan fingerprint density at radius 2 is 2.08 bits per heavy atom. The summed E-state index contributed by atoms with van der Waals surface area (Å²) in [4.78, 5) is 26.8. The van der Waals surface area contributed by atoms with Crippen molar-refractivity contribution in [1.82, 2.24) is 10.1 Å². The first-order valence-electron chi connectivity index (χ1n) is 7.77. The van der Waals surface area contributed by atoms with E-state index < -0.39 is 6.04 Å². The van der Waals surface area contributed by atoms with Crippen LogP contribution in [-0.2, 0) is 4.79 Å². The molecule has 1 aromatic heterocycles. The molecule has 1 aliphatic heterocycles. The molecule has 2 amide bonds. The highest BCUT2D eigenvalue weighted by molar-refractivity contribution is 6.01. The maximum Gasteiger partial charge on any atom is 0.254 e. The van der Waals surface area contributed by atoms with Crippen LogP contribution in [0.15, 0.2) is 34.9 Å². The Balaban J connectivity index is 1.71. The van der Waals surface area contributed by atoms with Crippen molar-refractivity contribution in [3.8, 4) is 5.75 Å². The number of likely N-dealkylation sites (tertiary alicyclic amines) is 1. The number of amides is 2. The van der Waals surface area contributed by atoms with Crippen LogP contribution in [0.25, 0.3) is 0 Å². The quantitative estimate of drug-likeness (QED) is 0.930. The van der Waals surface area contributed by atoms with Crippen molar-refractivity contribution in [2.45, 2.75) is 25.8 Å². The van der Waals surface area contributed by atoms with Gasteiger partial charge in [-0.1, -0.05) is 5.16 Å². The zero-order valence-electron chi connectivity index (χ0n) is 13.6. The number of rotatable bonds is 4. The fourth-order valence-corrected chi connectivity index (χ4v) is 2.82. The van der Waals surface area contributed by atoms with E-state index in [1.54, 1.807) is 49.3 Å². The number of carbonyl (C=O) groups is 2. The molecule has 1 saturated heterocycles. The van der Waals surface area contributed by atoms with Gasteiger partial charge in [0.1, 0.15) is 17.6 Å². The zero-order valence-corrected chi connectivity index (χ0v) is 13.6. The first kappa shape index (κ1) is 16.0. The van der Waals surface area contributed by atoms with Gasteiger partial charge < -0.3 is 19.5 Å². The summed E-state index contributed by atoms with van der Waals surface area (Å²) in [6, 6.07) is 8.01. The summed E-state index contributed by atoms with van der Waals surface area (Å²) in [5.41, 5.74) is 0.535. The van der Waals surface area contributed by atoms with Crippen LogP contribution in [0.1, 0.15) is 29.0 Å². The number of aromatic nitrogens is 1. The van der Waals surface area contributed by atoms with Crippen molar-refractivity contribution in [3.05, 3.63) is 41.7 Å². The van der Waals surface area contributed by atoms with Crippen molar-refractivity contribution >= 4 is 17.6 Å². The van der Waals surface area contributed by atoms with E-state index in [1.807, 2.05) is 0 Å². The molecule has 3 rings (SSSR count). The van der Waals surface area contributed by atoms with E-state index >= 15 is 0 Å². The number of nitrogens with one attached hydrogen (secondary N) is 1. The van der Waals surface area contributed by atoms with Crippen molar-refractivity contribution in [2.75, 3.05) is 19.0 Å². The Morgan fingerprint density at radius 3 is 2.71 bits per heavy atom. The van der Waals surface area contributed by atoms with Gasteiger partial charge in [-0.2, -0.15) is 0 Å². The molecule has 1 aliphatic rings. The SMILES string of the molecule is COc1ccc(C(=O)N2CCC[C@H]2C(=O)Nc2cc(C)on2)cc1. The van der Waals surface area contributed by atoms with E-state index in [4.69, 9.17) is 9.26 Å². The minimum Gasteiger partial charge on any atom is -0.497 e. The van der Waals surface area contributed by atoms with Crippen LogP contribution in [0, 0.1) is 6.92 Å². The summed E-state index contributed by atoms with van der Waals surface area (Å²) in [6.45, 7) is 2.30. The number of carbonyl (C=O) groups excluding carboxylic acids is 2. The molecule has 7 heteroatoms. The minimum absolute atomic E-state index is 0.161. The second-order valence-electron chi connectivity index (χ2n) is 5.70. The van der Waals surface area contributed by atoms with E-state index in [2.05, 4.69) is 10.5 Å². The number of ether oxygens (including phenoxy) is 1. The van der Waals surface area contributed by atoms with Gasteiger partial charge in [0.25, 0.3) is 5.91 Å². The average Bonchev–Trinajstić information content (AvgIpc) is 3.23. The van der Waals surface area contributed by atoms with Crippen molar-refractivity contribution in [2.24, 2.45) is 0 Å². The van der Waals surface area contributed by atoms with E-state index in [0.717, 1.165) is 6.42 Å². The summed E-state index contributed by atoms with van der Waals surface area (Å²) in [7, 11) is 1.57. The summed E-state index contributed by atoms with van der Waals surface area (Å²) < 4.78 is 10.0. The Kier molecular flexibility index (Phi) is 4.50. The van der Waals surface area contributed by atoms with Crippen molar-refractivity contribution in [1.29, 1.82) is 0 Å². The molecule has 2 aromatic rings. The second-order valence-corrected chi connectivity index (χ2v) is 5.70. The average molecular weight is 329 g/mol. The maximum absolute atomic E-state index is 12.7. The van der Waals surface area contributed by atoms with Crippen LogP contribution in [0.3, 0.4) is 0 Å². The first-order valence-corrected chi connectivity index (χ1v) is 7.77. The molecule has 1 atom stereocenters. The number of hydrogen-bond acceptors (Lipinski definition) is 5. The predicted molar refractivity (Wildman–Crippen MR) is 86.9 cm³/mol. The topological polar surface area (TPSA) is 84.7 Å². The second kappa shape index (κ2) is 6.74. The lowest BCUT2D eigenvalue weighted by atomic mass is 10.1. The summed E-state index contributed by atoms with van der Waals surface area (Å²) in [5.74, 6) is 1.25. The molecule has 1 N–H and O–H groups in total. The molecule has 2 heterocycles. The van der Waals surface area contributed by atoms with Gasteiger partial charge in [0.05, 0.1) is 7.11 Å². The lowest BCUT2D eigenvalue weighted by molar-refractivity contribution is -0.119. The predicted octanol–water partition coefficient (Wildman–Crippen LogP) is 2.23. The number of benzene rings is 1. The third-order valence-corrected chi connectivity index (χ3v) is 4.03. The van der Waals surface area contributed by atoms with Crippen LogP contribution in [0.4, 0.5) is 5.82 Å². The zero-order chi connectivity index (χ0) is 17.1. The highest BCUT2D eigenvalue weighted by Crippen LogP contribution is 2.22. The lowest BCUT2D eigenvalue weighted by Crippen LogP contribution is -2.43. The largest absolute Gasteiger partial charge is 0.497 e. The Morgan fingerprint density at radius 1 is 1.33 bits per heavy atom. The highest BCUT2D eigenvalue weighted by atomic mass is 16.5. The molecule has 0 aliphatic carbocycles. The van der Waals surface area contributed by atoms with Crippen LogP contribution in [0.2, 0.25) is 0 Å². The minimum atomic E-state index is -0.503. The van der Waals surface area contributed by atoms with Gasteiger partial charge in [0, 0.05) is 18.2 Å². The van der Waals surface area contributed by atoms with Gasteiger partial charge in [-0.15, -0.1) is 0 Å². The normalized spacial score (nSPS) is 16.9. The summed E-state index contributed by atoms with van der Waals surface area (Å²) in [5, 5.41) is 6.45. The smallest absolute Gasteiger partial charge is 0.254 e. The monoisotopic (exact) mass is 329 g/mol. The van der Waals surface area contributed by atoms with E-state index in [0.29, 0.717) is 35.9 Å². The molecule has 1 aromatic carbocycles. The third kappa shape index (κ3) is 3.24. The van der Waals surface area contributed by atoms with Gasteiger partial charge in [0.2, 0.25) is 5.91 Å². The Labute approximate surface area is 139 Å². The van der Waals surface area contributed by atoms with Crippen LogP contribution in [-0.4, -0.2) is 41.6 Å². The van der Waals surface area contributed by atoms with E-state index in [1.165, 1.54) is 0 Å². The summed E-state index contributed by atoms with van der Waals surface area (Å²) in [6.07, 6.45) is 1.42. The number of aryl methyl sites for hydroxylation is 1. The van der Waals surface area contributed by atoms with Crippen molar-refractivity contribution < 1.29 is 18.8 Å². The molecule has 7 nitrogen and oxygen atoms in total.